The summed E-state index contributed by atoms with van der Waals surface area (Å²) < 4.78 is 0.703. The fourth-order valence-electron chi connectivity index (χ4n) is 0.173. The lowest BCUT2D eigenvalue weighted by atomic mass is 10.7. The maximum atomic E-state index is 9.98. The highest BCUT2D eigenvalue weighted by Crippen LogP contribution is 1.58. The first-order chi connectivity index (χ1) is 3.27. The molecule has 0 heterocycles. The summed E-state index contributed by atoms with van der Waals surface area (Å²) in [5.74, 6) is 0. The average molecular weight is 100 g/mol. The third kappa shape index (κ3) is 5.14. The summed E-state index contributed by atoms with van der Waals surface area (Å²) >= 11 is 0. The molecule has 0 N–H and O–H groups in total. The van der Waals surface area contributed by atoms with Gasteiger partial charge in [-0.15, -0.1) is 0 Å². The Labute approximate surface area is 42.6 Å². The molecule has 0 aliphatic rings. The lowest BCUT2D eigenvalue weighted by molar-refractivity contribution is -0.418. The van der Waals surface area contributed by atoms with E-state index >= 15 is 0 Å². The highest BCUT2D eigenvalue weighted by atomic mass is 16.5. The molecule has 3 heteroatoms. The Hall–Kier alpha value is -0.860. The van der Waals surface area contributed by atoms with Gasteiger partial charge >= 0.3 is 0 Å². The Morgan fingerprint density at radius 1 is 2.00 bits per heavy atom. The van der Waals surface area contributed by atoms with Gasteiger partial charge in [0.1, 0.15) is 13.6 Å². The Morgan fingerprint density at radius 2 is 2.57 bits per heavy atom. The molecule has 7 heavy (non-hydrogen) atoms. The Morgan fingerprint density at radius 3 is 2.71 bits per heavy atom. The van der Waals surface area contributed by atoms with Gasteiger partial charge in [0.25, 0.3) is 0 Å². The molecule has 0 bridgehead atoms. The van der Waals surface area contributed by atoms with Crippen LogP contribution in [0.5, 0.6) is 0 Å². The van der Waals surface area contributed by atoms with Gasteiger partial charge in [-0.05, 0) is 6.72 Å². The van der Waals surface area contributed by atoms with E-state index in [-0.39, 0.29) is 0 Å². The second-order valence-electron chi connectivity index (χ2n) is 1.13. The van der Waals surface area contributed by atoms with E-state index in [1.54, 1.807) is 0 Å². The van der Waals surface area contributed by atoms with Crippen molar-refractivity contribution in [1.82, 2.24) is 0 Å². The van der Waals surface area contributed by atoms with Gasteiger partial charge in [-0.2, -0.15) is 0 Å². The van der Waals surface area contributed by atoms with E-state index in [0.717, 1.165) is 0 Å². The third-order valence-electron chi connectivity index (χ3n) is 0.468. The summed E-state index contributed by atoms with van der Waals surface area (Å²) in [5.41, 5.74) is 0. The van der Waals surface area contributed by atoms with Gasteiger partial charge in [-0.25, -0.2) is 4.74 Å². The number of nitrogens with zero attached hydrogens (tertiary/aromatic N) is 2. The van der Waals surface area contributed by atoms with Crippen LogP contribution in [-0.2, 0) is 0 Å². The molecular weight excluding hydrogens is 92.1 g/mol. The van der Waals surface area contributed by atoms with Gasteiger partial charge in [0.05, 0.1) is 0 Å². The summed E-state index contributed by atoms with van der Waals surface area (Å²) in [6, 6.07) is 0. The summed E-state index contributed by atoms with van der Waals surface area (Å²) in [5, 5.41) is 9.98. The zero-order valence-electron chi connectivity index (χ0n) is 4.29. The van der Waals surface area contributed by atoms with Crippen molar-refractivity contribution >= 4 is 12.9 Å². The maximum absolute atomic E-state index is 9.98. The second kappa shape index (κ2) is 3.33. The molecule has 0 saturated heterocycles. The number of hydroxylamine groups is 1. The van der Waals surface area contributed by atoms with E-state index in [0.29, 0.717) is 11.3 Å². The zero-order valence-corrected chi connectivity index (χ0v) is 4.29. The van der Waals surface area contributed by atoms with Crippen LogP contribution in [0.3, 0.4) is 0 Å². The second-order valence-corrected chi connectivity index (χ2v) is 1.13. The number of rotatable bonds is 2. The van der Waals surface area contributed by atoms with E-state index in [2.05, 4.69) is 11.7 Å². The monoisotopic (exact) mass is 100 g/mol. The first-order valence-electron chi connectivity index (χ1n) is 1.93. The SMILES string of the molecule is C=NC/C=[N+](\C)[O-]. The van der Waals surface area contributed by atoms with E-state index in [9.17, 15) is 5.21 Å². The molecule has 0 aromatic heterocycles. The van der Waals surface area contributed by atoms with Crippen LogP contribution in [0.25, 0.3) is 0 Å². The summed E-state index contributed by atoms with van der Waals surface area (Å²) in [7, 11) is 1.41. The van der Waals surface area contributed by atoms with Gasteiger partial charge < -0.3 is 5.21 Å². The molecule has 0 aliphatic carbocycles. The minimum atomic E-state index is 0.403. The van der Waals surface area contributed by atoms with Crippen LogP contribution in [0.4, 0.5) is 0 Å². The Kier molecular flexibility index (Phi) is 2.92. The molecule has 3 nitrogen and oxygen atoms in total. The van der Waals surface area contributed by atoms with Gasteiger partial charge in [0, 0.05) is 0 Å². The van der Waals surface area contributed by atoms with Crippen molar-refractivity contribution in [1.29, 1.82) is 0 Å². The van der Waals surface area contributed by atoms with Crippen molar-refractivity contribution < 1.29 is 4.74 Å². The van der Waals surface area contributed by atoms with Crippen molar-refractivity contribution in [2.24, 2.45) is 4.99 Å². The molecule has 0 fully saturated rings. The lowest BCUT2D eigenvalue weighted by Gasteiger charge is -1.89. The van der Waals surface area contributed by atoms with Crippen molar-refractivity contribution in [3.63, 3.8) is 0 Å². The molecule has 0 aromatic carbocycles. The third-order valence-corrected chi connectivity index (χ3v) is 0.468. The molecule has 0 radical (unpaired) electrons. The Balaban J connectivity index is 3.25. The predicted molar refractivity (Wildman–Crippen MR) is 30.0 cm³/mol. The predicted octanol–water partition coefficient (Wildman–Crippen LogP) is -0.102. The van der Waals surface area contributed by atoms with Crippen LogP contribution in [0.1, 0.15) is 0 Å². The molecule has 0 aromatic rings. The number of aliphatic imine (C=N–C) groups is 1. The standard InChI is InChI=1S/C4H8N2O/c1-5-3-4-6(2)7/h4H,1,3H2,2H3/b6-4+. The summed E-state index contributed by atoms with van der Waals surface area (Å²) in [6.07, 6.45) is 1.40. The summed E-state index contributed by atoms with van der Waals surface area (Å²) in [4.78, 5) is 3.43. The highest BCUT2D eigenvalue weighted by Gasteiger charge is 1.72. The highest BCUT2D eigenvalue weighted by molar-refractivity contribution is 5.55. The smallest absolute Gasteiger partial charge is 0.172 e. The topological polar surface area (TPSA) is 38.4 Å². The van der Waals surface area contributed by atoms with E-state index in [4.69, 9.17) is 0 Å². The van der Waals surface area contributed by atoms with E-state index in [1.807, 2.05) is 0 Å². The van der Waals surface area contributed by atoms with Crippen molar-refractivity contribution in [3.05, 3.63) is 5.21 Å². The largest absolute Gasteiger partial charge is 0.624 e. The van der Waals surface area contributed by atoms with Gasteiger partial charge in [-0.3, -0.25) is 4.99 Å². The molecule has 0 spiro atoms. The van der Waals surface area contributed by atoms with Crippen LogP contribution in [-0.4, -0.2) is 31.3 Å². The minimum Gasteiger partial charge on any atom is -0.624 e. The number of hydrogen-bond acceptors (Lipinski definition) is 2. The van der Waals surface area contributed by atoms with Crippen LogP contribution in [0, 0.1) is 5.21 Å². The average Bonchev–Trinajstić information content (AvgIpc) is 1.61. The molecule has 0 amide bonds. The van der Waals surface area contributed by atoms with Crippen molar-refractivity contribution in [2.45, 2.75) is 0 Å². The quantitative estimate of drug-likeness (QED) is 0.206. The van der Waals surface area contributed by atoms with Crippen LogP contribution in [0.2, 0.25) is 0 Å². The fraction of sp³-hybridized carbons (Fsp3) is 0.500. The maximum Gasteiger partial charge on any atom is 0.172 e. The molecule has 0 atom stereocenters. The van der Waals surface area contributed by atoms with Crippen LogP contribution < -0.4 is 0 Å². The molecule has 0 aliphatic heterocycles. The van der Waals surface area contributed by atoms with Gasteiger partial charge in [0.2, 0.25) is 0 Å². The van der Waals surface area contributed by atoms with Crippen molar-refractivity contribution in [2.75, 3.05) is 13.6 Å². The zero-order chi connectivity index (χ0) is 5.70. The van der Waals surface area contributed by atoms with Gasteiger partial charge in [0.15, 0.2) is 6.21 Å². The van der Waals surface area contributed by atoms with E-state index < -0.39 is 0 Å². The van der Waals surface area contributed by atoms with Crippen LogP contribution in [0.15, 0.2) is 4.99 Å². The van der Waals surface area contributed by atoms with E-state index in [1.165, 1.54) is 13.3 Å². The normalized spacial score (nSPS) is 11.3. The van der Waals surface area contributed by atoms with Crippen LogP contribution >= 0.6 is 0 Å². The van der Waals surface area contributed by atoms with Crippen molar-refractivity contribution in [3.8, 4) is 0 Å². The first-order valence-corrected chi connectivity index (χ1v) is 1.93. The fourth-order valence-corrected chi connectivity index (χ4v) is 0.173. The molecule has 0 saturated carbocycles. The lowest BCUT2D eigenvalue weighted by Crippen LogP contribution is -1.97. The van der Waals surface area contributed by atoms with Gasteiger partial charge in [-0.1, -0.05) is 0 Å². The minimum absolute atomic E-state index is 0.403. The molecular formula is C4H8N2O. The molecule has 40 valence electrons. The molecule has 0 unspecified atom stereocenters. The Bertz CT molecular complexity index is 83.7. The first kappa shape index (κ1) is 6.14. The molecule has 0 rings (SSSR count). The number of hydrogen-bond donors (Lipinski definition) is 0. The summed E-state index contributed by atoms with van der Waals surface area (Å²) in [6.45, 7) is 3.59.